The number of carbonyl (C=O) groups excluding carboxylic acids is 1. The SMILES string of the molecule is COC(=O)C(C#N)=Cc1cc([N+](=O)[O-])ccc1N1CCOCC1. The molecule has 8 heteroatoms. The molecule has 1 aromatic rings. The number of methoxy groups -OCH3 is 1. The Morgan fingerprint density at radius 3 is 2.74 bits per heavy atom. The molecule has 1 fully saturated rings. The zero-order valence-electron chi connectivity index (χ0n) is 12.5. The third-order valence-corrected chi connectivity index (χ3v) is 3.40. The number of carbonyl (C=O) groups is 1. The highest BCUT2D eigenvalue weighted by molar-refractivity contribution is 5.98. The van der Waals surface area contributed by atoms with Gasteiger partial charge in [-0.1, -0.05) is 0 Å². The molecule has 8 nitrogen and oxygen atoms in total. The minimum atomic E-state index is -0.785. The molecule has 1 aromatic carbocycles. The van der Waals surface area contributed by atoms with Gasteiger partial charge in [-0.2, -0.15) is 5.26 Å². The first-order valence-corrected chi connectivity index (χ1v) is 6.88. The van der Waals surface area contributed by atoms with Crippen molar-refractivity contribution in [3.8, 4) is 6.07 Å². The molecular formula is C15H15N3O5. The summed E-state index contributed by atoms with van der Waals surface area (Å²) in [5.74, 6) is -0.785. The molecule has 0 aliphatic carbocycles. The van der Waals surface area contributed by atoms with Crippen LogP contribution in [-0.2, 0) is 14.3 Å². The summed E-state index contributed by atoms with van der Waals surface area (Å²) >= 11 is 0. The van der Waals surface area contributed by atoms with E-state index in [1.807, 2.05) is 4.90 Å². The van der Waals surface area contributed by atoms with Gasteiger partial charge in [0.1, 0.15) is 11.6 Å². The maximum absolute atomic E-state index is 11.6. The van der Waals surface area contributed by atoms with Crippen LogP contribution in [0.3, 0.4) is 0 Å². The van der Waals surface area contributed by atoms with Gasteiger partial charge in [-0.3, -0.25) is 10.1 Å². The summed E-state index contributed by atoms with van der Waals surface area (Å²) in [6.07, 6.45) is 1.31. The molecule has 0 aromatic heterocycles. The summed E-state index contributed by atoms with van der Waals surface area (Å²) in [4.78, 5) is 24.0. The first-order chi connectivity index (χ1) is 11.1. The van der Waals surface area contributed by atoms with Crippen molar-refractivity contribution in [2.75, 3.05) is 38.3 Å². The fraction of sp³-hybridized carbons (Fsp3) is 0.333. The molecule has 1 heterocycles. The zero-order valence-corrected chi connectivity index (χ0v) is 12.5. The van der Waals surface area contributed by atoms with E-state index < -0.39 is 10.9 Å². The second kappa shape index (κ2) is 7.38. The van der Waals surface area contributed by atoms with E-state index in [4.69, 9.17) is 10.00 Å². The van der Waals surface area contributed by atoms with Gasteiger partial charge in [0.2, 0.25) is 0 Å². The quantitative estimate of drug-likeness (QED) is 0.272. The van der Waals surface area contributed by atoms with E-state index in [9.17, 15) is 14.9 Å². The van der Waals surface area contributed by atoms with E-state index in [0.717, 1.165) is 0 Å². The molecule has 1 aliphatic heterocycles. The Labute approximate surface area is 132 Å². The normalized spacial score (nSPS) is 15.0. The van der Waals surface area contributed by atoms with E-state index in [0.29, 0.717) is 37.6 Å². The fourth-order valence-electron chi connectivity index (χ4n) is 2.27. The van der Waals surface area contributed by atoms with Crippen molar-refractivity contribution in [3.05, 3.63) is 39.4 Å². The largest absolute Gasteiger partial charge is 0.465 e. The number of esters is 1. The minimum Gasteiger partial charge on any atom is -0.465 e. The van der Waals surface area contributed by atoms with Crippen molar-refractivity contribution in [3.63, 3.8) is 0 Å². The van der Waals surface area contributed by atoms with Crippen molar-refractivity contribution < 1.29 is 19.2 Å². The first-order valence-electron chi connectivity index (χ1n) is 6.88. The van der Waals surface area contributed by atoms with Gasteiger partial charge in [-0.25, -0.2) is 4.79 Å². The Kier molecular flexibility index (Phi) is 5.28. The van der Waals surface area contributed by atoms with Crippen LogP contribution in [0, 0.1) is 21.4 Å². The van der Waals surface area contributed by atoms with Gasteiger partial charge >= 0.3 is 5.97 Å². The van der Waals surface area contributed by atoms with Gasteiger partial charge < -0.3 is 14.4 Å². The van der Waals surface area contributed by atoms with Crippen LogP contribution < -0.4 is 4.90 Å². The number of anilines is 1. The number of ether oxygens (including phenoxy) is 2. The molecule has 1 saturated heterocycles. The summed E-state index contributed by atoms with van der Waals surface area (Å²) in [7, 11) is 1.17. The number of hydrogen-bond acceptors (Lipinski definition) is 7. The molecule has 0 spiro atoms. The number of benzene rings is 1. The average Bonchev–Trinajstić information content (AvgIpc) is 2.59. The number of nitriles is 1. The number of non-ortho nitro benzene ring substituents is 1. The van der Waals surface area contributed by atoms with Gasteiger partial charge in [0.15, 0.2) is 0 Å². The summed E-state index contributed by atoms with van der Waals surface area (Å²) in [5, 5.41) is 20.1. The molecule has 1 aliphatic rings. The van der Waals surface area contributed by atoms with Crippen LogP contribution in [0.25, 0.3) is 6.08 Å². The van der Waals surface area contributed by atoms with E-state index in [-0.39, 0.29) is 11.3 Å². The van der Waals surface area contributed by atoms with Crippen LogP contribution in [0.5, 0.6) is 0 Å². The monoisotopic (exact) mass is 317 g/mol. The van der Waals surface area contributed by atoms with Crippen LogP contribution in [0.4, 0.5) is 11.4 Å². The number of nitro groups is 1. The lowest BCUT2D eigenvalue weighted by Gasteiger charge is -2.30. The lowest BCUT2D eigenvalue weighted by molar-refractivity contribution is -0.384. The van der Waals surface area contributed by atoms with Crippen molar-refractivity contribution in [1.29, 1.82) is 5.26 Å². The third-order valence-electron chi connectivity index (χ3n) is 3.40. The molecule has 0 atom stereocenters. The summed E-state index contributed by atoms with van der Waals surface area (Å²) < 4.78 is 9.83. The molecule has 0 bridgehead atoms. The van der Waals surface area contributed by atoms with E-state index >= 15 is 0 Å². The predicted molar refractivity (Wildman–Crippen MR) is 81.7 cm³/mol. The van der Waals surface area contributed by atoms with Gasteiger partial charge in [0.25, 0.3) is 5.69 Å². The molecule has 0 N–H and O–H groups in total. The molecule has 0 radical (unpaired) electrons. The second-order valence-corrected chi connectivity index (χ2v) is 4.76. The van der Waals surface area contributed by atoms with Crippen molar-refractivity contribution in [2.45, 2.75) is 0 Å². The minimum absolute atomic E-state index is 0.115. The van der Waals surface area contributed by atoms with E-state index in [1.165, 1.54) is 25.3 Å². The topological polar surface area (TPSA) is 106 Å². The fourth-order valence-corrected chi connectivity index (χ4v) is 2.27. The first kappa shape index (κ1) is 16.5. The Hall–Kier alpha value is -2.92. The highest BCUT2D eigenvalue weighted by atomic mass is 16.6. The van der Waals surface area contributed by atoms with Crippen LogP contribution in [0.1, 0.15) is 5.56 Å². The highest BCUT2D eigenvalue weighted by Crippen LogP contribution is 2.28. The maximum Gasteiger partial charge on any atom is 0.348 e. The smallest absolute Gasteiger partial charge is 0.348 e. The van der Waals surface area contributed by atoms with Gasteiger partial charge in [0, 0.05) is 36.5 Å². The second-order valence-electron chi connectivity index (χ2n) is 4.76. The number of rotatable bonds is 4. The highest BCUT2D eigenvalue weighted by Gasteiger charge is 2.19. The maximum atomic E-state index is 11.6. The zero-order chi connectivity index (χ0) is 16.8. The summed E-state index contributed by atoms with van der Waals surface area (Å²) in [6.45, 7) is 2.34. The summed E-state index contributed by atoms with van der Waals surface area (Å²) in [5.41, 5.74) is 0.788. The lowest BCUT2D eigenvalue weighted by Crippen LogP contribution is -2.36. The van der Waals surface area contributed by atoms with Gasteiger partial charge in [0.05, 0.1) is 25.2 Å². The average molecular weight is 317 g/mol. The van der Waals surface area contributed by atoms with Crippen molar-refractivity contribution in [1.82, 2.24) is 0 Å². The number of morpholine rings is 1. The van der Waals surface area contributed by atoms with Crippen LogP contribution in [0.15, 0.2) is 23.8 Å². The molecule has 120 valence electrons. The van der Waals surface area contributed by atoms with Crippen molar-refractivity contribution in [2.24, 2.45) is 0 Å². The number of hydrogen-bond donors (Lipinski definition) is 0. The standard InChI is InChI=1S/C15H15N3O5/c1-22-15(19)12(10-16)8-11-9-13(18(20)21)2-3-14(11)17-4-6-23-7-5-17/h2-3,8-9H,4-7H2,1H3. The van der Waals surface area contributed by atoms with Crippen molar-refractivity contribution >= 4 is 23.4 Å². The molecule has 0 unspecified atom stereocenters. The third kappa shape index (κ3) is 3.84. The van der Waals surface area contributed by atoms with Gasteiger partial charge in [-0.15, -0.1) is 0 Å². The molecule has 0 amide bonds. The Morgan fingerprint density at radius 2 is 2.17 bits per heavy atom. The molecule has 0 saturated carbocycles. The molecular weight excluding hydrogens is 302 g/mol. The van der Waals surface area contributed by atoms with E-state index in [2.05, 4.69) is 4.74 Å². The number of nitrogens with zero attached hydrogens (tertiary/aromatic N) is 3. The van der Waals surface area contributed by atoms with Crippen LogP contribution in [0.2, 0.25) is 0 Å². The summed E-state index contributed by atoms with van der Waals surface area (Å²) in [6, 6.07) is 6.10. The van der Waals surface area contributed by atoms with Crippen LogP contribution >= 0.6 is 0 Å². The van der Waals surface area contributed by atoms with Crippen LogP contribution in [-0.4, -0.2) is 44.3 Å². The molecule has 2 rings (SSSR count). The molecule has 23 heavy (non-hydrogen) atoms. The van der Waals surface area contributed by atoms with E-state index in [1.54, 1.807) is 12.1 Å². The predicted octanol–water partition coefficient (Wildman–Crippen LogP) is 1.51. The van der Waals surface area contributed by atoms with Gasteiger partial charge in [-0.05, 0) is 12.1 Å². The lowest BCUT2D eigenvalue weighted by atomic mass is 10.1. The Balaban J connectivity index is 2.50. The Bertz CT molecular complexity index is 687. The number of nitro benzene ring substituents is 1. The Morgan fingerprint density at radius 1 is 1.48 bits per heavy atom.